The van der Waals surface area contributed by atoms with Crippen molar-refractivity contribution in [1.82, 2.24) is 20.3 Å². The first-order chi connectivity index (χ1) is 12.2. The monoisotopic (exact) mass is 353 g/mol. The molecule has 2 aromatic heterocycles. The number of benzene rings is 1. The molecule has 126 valence electrons. The van der Waals surface area contributed by atoms with Crippen LogP contribution >= 0.6 is 11.6 Å². The number of hydrogen-bond acceptors (Lipinski definition) is 5. The summed E-state index contributed by atoms with van der Waals surface area (Å²) < 4.78 is 0. The number of halogens is 1. The van der Waals surface area contributed by atoms with Crippen LogP contribution in [0.3, 0.4) is 0 Å². The number of nitrogens with one attached hydrogen (secondary N) is 2. The van der Waals surface area contributed by atoms with Crippen LogP contribution in [-0.4, -0.2) is 20.9 Å². The fraction of sp³-hybridized carbons (Fsp3) is 0.111. The highest BCUT2D eigenvalue weighted by Gasteiger charge is 2.07. The molecule has 0 radical (unpaired) electrons. The summed E-state index contributed by atoms with van der Waals surface area (Å²) in [6, 6.07) is 11.2. The maximum atomic E-state index is 12.1. The number of carbonyl (C=O) groups excluding carboxylic acids is 1. The summed E-state index contributed by atoms with van der Waals surface area (Å²) in [7, 11) is 0. The highest BCUT2D eigenvalue weighted by Crippen LogP contribution is 2.11. The van der Waals surface area contributed by atoms with Crippen molar-refractivity contribution in [3.63, 3.8) is 0 Å². The number of rotatable bonds is 6. The lowest BCUT2D eigenvalue weighted by atomic mass is 10.2. The average molecular weight is 354 g/mol. The molecule has 0 aliphatic carbocycles. The van der Waals surface area contributed by atoms with Crippen LogP contribution < -0.4 is 10.6 Å². The predicted octanol–water partition coefficient (Wildman–Crippen LogP) is 3.07. The normalized spacial score (nSPS) is 10.3. The molecule has 25 heavy (non-hydrogen) atoms. The standard InChI is InChI=1S/C18H16ClN5O/c19-15-5-3-13(4-6-15)9-22-17-12-21-16(11-23-17)18(25)24-10-14-2-1-7-20-8-14/h1-8,11-12H,9-10H2,(H,22,23)(H,24,25). The molecule has 0 bridgehead atoms. The Morgan fingerprint density at radius 3 is 2.48 bits per heavy atom. The summed E-state index contributed by atoms with van der Waals surface area (Å²) in [5, 5.41) is 6.63. The molecule has 0 saturated carbocycles. The van der Waals surface area contributed by atoms with Gasteiger partial charge in [-0.3, -0.25) is 9.78 Å². The molecule has 6 nitrogen and oxygen atoms in total. The first-order valence-corrected chi connectivity index (χ1v) is 8.06. The molecule has 1 aromatic carbocycles. The van der Waals surface area contributed by atoms with Gasteiger partial charge in [0, 0.05) is 30.5 Å². The number of carbonyl (C=O) groups is 1. The van der Waals surface area contributed by atoms with E-state index in [1.165, 1.54) is 12.4 Å². The van der Waals surface area contributed by atoms with Gasteiger partial charge in [0.2, 0.25) is 0 Å². The van der Waals surface area contributed by atoms with Gasteiger partial charge in [-0.1, -0.05) is 29.8 Å². The van der Waals surface area contributed by atoms with Crippen LogP contribution in [0.5, 0.6) is 0 Å². The summed E-state index contributed by atoms with van der Waals surface area (Å²) in [6.07, 6.45) is 6.37. The van der Waals surface area contributed by atoms with E-state index in [1.54, 1.807) is 12.4 Å². The van der Waals surface area contributed by atoms with Crippen molar-refractivity contribution in [1.29, 1.82) is 0 Å². The number of aromatic nitrogens is 3. The van der Waals surface area contributed by atoms with E-state index < -0.39 is 0 Å². The minimum absolute atomic E-state index is 0.265. The van der Waals surface area contributed by atoms with Crippen molar-refractivity contribution in [2.45, 2.75) is 13.1 Å². The molecule has 0 atom stereocenters. The van der Waals surface area contributed by atoms with Crippen LogP contribution in [0.4, 0.5) is 5.82 Å². The van der Waals surface area contributed by atoms with Crippen molar-refractivity contribution in [3.8, 4) is 0 Å². The van der Waals surface area contributed by atoms with Gasteiger partial charge in [-0.2, -0.15) is 0 Å². The van der Waals surface area contributed by atoms with E-state index in [0.29, 0.717) is 23.9 Å². The Morgan fingerprint density at radius 2 is 1.80 bits per heavy atom. The van der Waals surface area contributed by atoms with Crippen molar-refractivity contribution in [3.05, 3.63) is 83.0 Å². The zero-order valence-corrected chi connectivity index (χ0v) is 14.1. The van der Waals surface area contributed by atoms with Gasteiger partial charge in [0.1, 0.15) is 11.5 Å². The zero-order valence-electron chi connectivity index (χ0n) is 13.3. The first kappa shape index (κ1) is 16.9. The third-order valence-electron chi connectivity index (χ3n) is 3.45. The Balaban J connectivity index is 1.52. The summed E-state index contributed by atoms with van der Waals surface area (Å²) in [5.74, 6) is 0.319. The van der Waals surface area contributed by atoms with Crippen LogP contribution in [0.15, 0.2) is 61.2 Å². The molecule has 2 heterocycles. The smallest absolute Gasteiger partial charge is 0.271 e. The van der Waals surface area contributed by atoms with Crippen molar-refractivity contribution < 1.29 is 4.79 Å². The maximum absolute atomic E-state index is 12.1. The van der Waals surface area contributed by atoms with E-state index in [9.17, 15) is 4.79 Å². The predicted molar refractivity (Wildman–Crippen MR) is 96.2 cm³/mol. The average Bonchev–Trinajstić information content (AvgIpc) is 2.67. The second-order valence-corrected chi connectivity index (χ2v) is 5.75. The molecule has 1 amide bonds. The molecule has 0 spiro atoms. The Labute approximate surface area is 150 Å². The Hall–Kier alpha value is -2.99. The first-order valence-electron chi connectivity index (χ1n) is 7.68. The number of hydrogen-bond donors (Lipinski definition) is 2. The molecule has 2 N–H and O–H groups in total. The lowest BCUT2D eigenvalue weighted by Crippen LogP contribution is -2.24. The Bertz CT molecular complexity index is 822. The topological polar surface area (TPSA) is 79.8 Å². The number of nitrogens with zero attached hydrogens (tertiary/aromatic N) is 3. The minimum Gasteiger partial charge on any atom is -0.365 e. The third-order valence-corrected chi connectivity index (χ3v) is 3.70. The van der Waals surface area contributed by atoms with E-state index in [4.69, 9.17) is 11.6 Å². The molecular weight excluding hydrogens is 338 g/mol. The third kappa shape index (κ3) is 4.99. The molecule has 0 aliphatic heterocycles. The number of anilines is 1. The lowest BCUT2D eigenvalue weighted by molar-refractivity contribution is 0.0945. The van der Waals surface area contributed by atoms with E-state index >= 15 is 0 Å². The van der Waals surface area contributed by atoms with Gasteiger partial charge in [-0.15, -0.1) is 0 Å². The largest absolute Gasteiger partial charge is 0.365 e. The van der Waals surface area contributed by atoms with Crippen LogP contribution in [0.25, 0.3) is 0 Å². The van der Waals surface area contributed by atoms with Gasteiger partial charge in [0.05, 0.1) is 12.4 Å². The molecule has 0 saturated heterocycles. The second-order valence-electron chi connectivity index (χ2n) is 5.31. The fourth-order valence-corrected chi connectivity index (χ4v) is 2.23. The quantitative estimate of drug-likeness (QED) is 0.712. The summed E-state index contributed by atoms with van der Waals surface area (Å²) in [5.41, 5.74) is 2.26. The molecule has 3 aromatic rings. The minimum atomic E-state index is -0.277. The lowest BCUT2D eigenvalue weighted by Gasteiger charge is -2.07. The maximum Gasteiger partial charge on any atom is 0.271 e. The van der Waals surface area contributed by atoms with Gasteiger partial charge in [0.25, 0.3) is 5.91 Å². The summed E-state index contributed by atoms with van der Waals surface area (Å²) in [4.78, 5) is 24.4. The van der Waals surface area contributed by atoms with Crippen LogP contribution in [0, 0.1) is 0 Å². The van der Waals surface area contributed by atoms with Crippen molar-refractivity contribution in [2.24, 2.45) is 0 Å². The zero-order chi connectivity index (χ0) is 17.5. The van der Waals surface area contributed by atoms with E-state index in [1.807, 2.05) is 36.4 Å². The Morgan fingerprint density at radius 1 is 0.960 bits per heavy atom. The fourth-order valence-electron chi connectivity index (χ4n) is 2.11. The van der Waals surface area contributed by atoms with Gasteiger partial charge in [0.15, 0.2) is 0 Å². The second kappa shape index (κ2) is 8.21. The van der Waals surface area contributed by atoms with Crippen LogP contribution in [-0.2, 0) is 13.1 Å². The van der Waals surface area contributed by atoms with Crippen molar-refractivity contribution >= 4 is 23.3 Å². The highest BCUT2D eigenvalue weighted by molar-refractivity contribution is 6.30. The van der Waals surface area contributed by atoms with E-state index in [-0.39, 0.29) is 11.6 Å². The molecule has 0 unspecified atom stereocenters. The number of pyridine rings is 1. The van der Waals surface area contributed by atoms with Crippen LogP contribution in [0.2, 0.25) is 5.02 Å². The molecule has 3 rings (SSSR count). The van der Waals surface area contributed by atoms with Crippen molar-refractivity contribution in [2.75, 3.05) is 5.32 Å². The number of amides is 1. The van der Waals surface area contributed by atoms with Gasteiger partial charge in [-0.05, 0) is 29.3 Å². The molecule has 0 fully saturated rings. The van der Waals surface area contributed by atoms with Gasteiger partial charge in [-0.25, -0.2) is 9.97 Å². The molecule has 7 heteroatoms. The Kier molecular flexibility index (Phi) is 5.53. The SMILES string of the molecule is O=C(NCc1cccnc1)c1cnc(NCc2ccc(Cl)cc2)cn1. The molecular formula is C18H16ClN5O. The summed E-state index contributed by atoms with van der Waals surface area (Å²) in [6.45, 7) is 0.989. The van der Waals surface area contributed by atoms with E-state index in [2.05, 4.69) is 25.6 Å². The molecule has 0 aliphatic rings. The van der Waals surface area contributed by atoms with Crippen LogP contribution in [0.1, 0.15) is 21.6 Å². The highest BCUT2D eigenvalue weighted by atomic mass is 35.5. The van der Waals surface area contributed by atoms with Gasteiger partial charge >= 0.3 is 0 Å². The summed E-state index contributed by atoms with van der Waals surface area (Å²) >= 11 is 5.86. The van der Waals surface area contributed by atoms with E-state index in [0.717, 1.165) is 11.1 Å². The van der Waals surface area contributed by atoms with Gasteiger partial charge < -0.3 is 10.6 Å².